The number of halogens is 1. The van der Waals surface area contributed by atoms with Crippen LogP contribution in [0.3, 0.4) is 0 Å². The molecular formula is C27H26ClN3O. The van der Waals surface area contributed by atoms with E-state index in [-0.39, 0.29) is 5.91 Å². The second kappa shape index (κ2) is 9.94. The number of rotatable bonds is 7. The molecule has 0 atom stereocenters. The Morgan fingerprint density at radius 3 is 2.19 bits per heavy atom. The summed E-state index contributed by atoms with van der Waals surface area (Å²) in [6, 6.07) is 25.2. The summed E-state index contributed by atoms with van der Waals surface area (Å²) in [4.78, 5) is 19.8. The summed E-state index contributed by atoms with van der Waals surface area (Å²) in [5, 5.41) is 4.70. The van der Waals surface area contributed by atoms with Crippen molar-refractivity contribution in [1.82, 2.24) is 9.88 Å². The summed E-state index contributed by atoms with van der Waals surface area (Å²) in [5.74, 6) is -0.141. The summed E-state index contributed by atoms with van der Waals surface area (Å²) in [5.41, 5.74) is 5.44. The maximum Gasteiger partial charge on any atom is 0.255 e. The van der Waals surface area contributed by atoms with Gasteiger partial charge in [0.15, 0.2) is 0 Å². The number of nitrogens with one attached hydrogen (secondary N) is 1. The zero-order valence-corrected chi connectivity index (χ0v) is 19.1. The monoisotopic (exact) mass is 443 g/mol. The van der Waals surface area contributed by atoms with Gasteiger partial charge in [-0.05, 0) is 72.7 Å². The van der Waals surface area contributed by atoms with E-state index in [0.29, 0.717) is 10.6 Å². The first-order valence-electron chi connectivity index (χ1n) is 10.8. The van der Waals surface area contributed by atoms with Crippen molar-refractivity contribution in [2.24, 2.45) is 0 Å². The first-order chi connectivity index (χ1) is 15.6. The number of fused-ring (bicyclic) bond motifs is 1. The number of carbonyl (C=O) groups is 1. The largest absolute Gasteiger partial charge is 0.322 e. The Labute approximate surface area is 193 Å². The van der Waals surface area contributed by atoms with E-state index in [0.717, 1.165) is 53.0 Å². The van der Waals surface area contributed by atoms with Gasteiger partial charge in [-0.25, -0.2) is 0 Å². The fourth-order valence-corrected chi connectivity index (χ4v) is 3.80. The smallest absolute Gasteiger partial charge is 0.255 e. The minimum atomic E-state index is -0.141. The Hall–Kier alpha value is -3.21. The molecular weight excluding hydrogens is 418 g/mol. The van der Waals surface area contributed by atoms with Crippen molar-refractivity contribution in [3.63, 3.8) is 0 Å². The number of benzene rings is 3. The van der Waals surface area contributed by atoms with Gasteiger partial charge in [0.2, 0.25) is 0 Å². The number of amides is 1. The van der Waals surface area contributed by atoms with Gasteiger partial charge in [0.1, 0.15) is 0 Å². The molecule has 3 aromatic carbocycles. The Kier molecular flexibility index (Phi) is 6.84. The van der Waals surface area contributed by atoms with Gasteiger partial charge in [-0.2, -0.15) is 0 Å². The Bertz CT molecular complexity index is 1220. The van der Waals surface area contributed by atoms with Crippen molar-refractivity contribution in [1.29, 1.82) is 0 Å². The highest BCUT2D eigenvalue weighted by atomic mass is 35.5. The van der Waals surface area contributed by atoms with Crippen LogP contribution in [0.25, 0.3) is 22.0 Å². The highest BCUT2D eigenvalue weighted by Crippen LogP contribution is 2.23. The molecule has 4 rings (SSSR count). The fraction of sp³-hybridized carbons (Fsp3) is 0.185. The average molecular weight is 444 g/mol. The third-order valence-electron chi connectivity index (χ3n) is 5.61. The third kappa shape index (κ3) is 5.16. The zero-order valence-electron chi connectivity index (χ0n) is 18.3. The summed E-state index contributed by atoms with van der Waals surface area (Å²) >= 11 is 5.96. The fourth-order valence-electron chi connectivity index (χ4n) is 3.67. The van der Waals surface area contributed by atoms with Gasteiger partial charge in [0, 0.05) is 28.2 Å². The number of pyridine rings is 1. The van der Waals surface area contributed by atoms with Gasteiger partial charge < -0.3 is 5.32 Å². The van der Waals surface area contributed by atoms with Gasteiger partial charge in [0.05, 0.1) is 11.2 Å². The molecule has 0 aliphatic heterocycles. The first kappa shape index (κ1) is 22.0. The molecule has 0 aliphatic rings. The number of anilines is 1. The van der Waals surface area contributed by atoms with E-state index < -0.39 is 0 Å². The molecule has 5 heteroatoms. The molecule has 0 fully saturated rings. The molecule has 0 bridgehead atoms. The number of nitrogens with zero attached hydrogens (tertiary/aromatic N) is 2. The van der Waals surface area contributed by atoms with Crippen molar-refractivity contribution >= 4 is 34.1 Å². The predicted molar refractivity (Wildman–Crippen MR) is 133 cm³/mol. The Morgan fingerprint density at radius 1 is 0.875 bits per heavy atom. The number of hydrogen-bond donors (Lipinski definition) is 1. The normalized spacial score (nSPS) is 11.1. The number of aromatic nitrogens is 1. The lowest BCUT2D eigenvalue weighted by molar-refractivity contribution is 0.102. The van der Waals surface area contributed by atoms with Crippen LogP contribution in [0, 0.1) is 0 Å². The minimum Gasteiger partial charge on any atom is -0.322 e. The lowest BCUT2D eigenvalue weighted by atomic mass is 10.0. The van der Waals surface area contributed by atoms with Gasteiger partial charge in [-0.1, -0.05) is 55.8 Å². The van der Waals surface area contributed by atoms with Crippen molar-refractivity contribution in [2.45, 2.75) is 20.4 Å². The van der Waals surface area contributed by atoms with Crippen LogP contribution in [0.4, 0.5) is 5.69 Å². The molecule has 0 saturated carbocycles. The van der Waals surface area contributed by atoms with Crippen LogP contribution < -0.4 is 5.32 Å². The molecule has 0 spiro atoms. The SMILES string of the molecule is CCN(CC)Cc1ccc2cc(NC(=O)c3ccc(-c4ccc(Cl)cc4)cc3)ccc2n1. The lowest BCUT2D eigenvalue weighted by Gasteiger charge is -2.17. The van der Waals surface area contributed by atoms with E-state index in [2.05, 4.69) is 36.2 Å². The van der Waals surface area contributed by atoms with E-state index >= 15 is 0 Å². The van der Waals surface area contributed by atoms with Crippen molar-refractivity contribution < 1.29 is 4.79 Å². The molecule has 1 amide bonds. The Balaban J connectivity index is 1.46. The molecule has 1 aromatic heterocycles. The molecule has 0 saturated heterocycles. The molecule has 0 unspecified atom stereocenters. The lowest BCUT2D eigenvalue weighted by Crippen LogP contribution is -2.22. The summed E-state index contributed by atoms with van der Waals surface area (Å²) in [6.45, 7) is 7.16. The summed E-state index contributed by atoms with van der Waals surface area (Å²) in [6.07, 6.45) is 0. The topological polar surface area (TPSA) is 45.2 Å². The highest BCUT2D eigenvalue weighted by molar-refractivity contribution is 6.30. The first-order valence-corrected chi connectivity index (χ1v) is 11.2. The molecule has 162 valence electrons. The maximum absolute atomic E-state index is 12.7. The quantitative estimate of drug-likeness (QED) is 0.347. The van der Waals surface area contributed by atoms with Gasteiger partial charge in [0.25, 0.3) is 5.91 Å². The van der Waals surface area contributed by atoms with Crippen LogP contribution in [-0.2, 0) is 6.54 Å². The van der Waals surface area contributed by atoms with Crippen molar-refractivity contribution in [2.75, 3.05) is 18.4 Å². The maximum atomic E-state index is 12.7. The predicted octanol–water partition coefficient (Wildman–Crippen LogP) is 6.65. The summed E-state index contributed by atoms with van der Waals surface area (Å²) in [7, 11) is 0. The van der Waals surface area contributed by atoms with Gasteiger partial charge in [-0.3, -0.25) is 14.7 Å². The van der Waals surface area contributed by atoms with Crippen LogP contribution in [0.15, 0.2) is 78.9 Å². The van der Waals surface area contributed by atoms with Crippen LogP contribution in [0.5, 0.6) is 0 Å². The second-order valence-electron chi connectivity index (χ2n) is 7.71. The molecule has 4 aromatic rings. The van der Waals surface area contributed by atoms with Crippen LogP contribution in [0.1, 0.15) is 29.9 Å². The van der Waals surface area contributed by atoms with Gasteiger partial charge in [-0.15, -0.1) is 0 Å². The molecule has 4 nitrogen and oxygen atoms in total. The molecule has 0 aliphatic carbocycles. The average Bonchev–Trinajstić information content (AvgIpc) is 2.83. The minimum absolute atomic E-state index is 0.141. The van der Waals surface area contributed by atoms with E-state index in [4.69, 9.17) is 16.6 Å². The van der Waals surface area contributed by atoms with Crippen LogP contribution >= 0.6 is 11.6 Å². The molecule has 1 N–H and O–H groups in total. The molecule has 0 radical (unpaired) electrons. The number of hydrogen-bond acceptors (Lipinski definition) is 3. The molecule has 1 heterocycles. The summed E-state index contributed by atoms with van der Waals surface area (Å²) < 4.78 is 0. The van der Waals surface area contributed by atoms with Gasteiger partial charge >= 0.3 is 0 Å². The Morgan fingerprint density at radius 2 is 1.53 bits per heavy atom. The second-order valence-corrected chi connectivity index (χ2v) is 8.15. The van der Waals surface area contributed by atoms with E-state index in [1.807, 2.05) is 66.7 Å². The molecule has 32 heavy (non-hydrogen) atoms. The van der Waals surface area contributed by atoms with Crippen molar-refractivity contribution in [3.05, 3.63) is 95.1 Å². The standard InChI is InChI=1S/C27H26ClN3O/c1-3-31(4-2)18-25-14-11-22-17-24(15-16-26(22)29-25)30-27(32)21-7-5-19(6-8-21)20-9-12-23(28)13-10-20/h5-17H,3-4,18H2,1-2H3,(H,30,32). The number of carbonyl (C=O) groups excluding carboxylic acids is 1. The van der Waals surface area contributed by atoms with Crippen LogP contribution in [0.2, 0.25) is 5.02 Å². The van der Waals surface area contributed by atoms with E-state index in [1.54, 1.807) is 0 Å². The van der Waals surface area contributed by atoms with Crippen molar-refractivity contribution in [3.8, 4) is 11.1 Å². The third-order valence-corrected chi connectivity index (χ3v) is 5.86. The highest BCUT2D eigenvalue weighted by Gasteiger charge is 2.09. The van der Waals surface area contributed by atoms with Crippen LogP contribution in [-0.4, -0.2) is 28.9 Å². The van der Waals surface area contributed by atoms with E-state index in [9.17, 15) is 4.79 Å². The zero-order chi connectivity index (χ0) is 22.5. The van der Waals surface area contributed by atoms with E-state index in [1.165, 1.54) is 0 Å².